The Balaban J connectivity index is 2.95. The summed E-state index contributed by atoms with van der Waals surface area (Å²) in [5.41, 5.74) is 10.3. The van der Waals surface area contributed by atoms with E-state index in [1.807, 2.05) is 13.8 Å². The van der Waals surface area contributed by atoms with Gasteiger partial charge in [0.15, 0.2) is 0 Å². The molecule has 2 rings (SSSR count). The quantitative estimate of drug-likeness (QED) is 0.652. The van der Waals surface area contributed by atoms with Crippen molar-refractivity contribution in [2.45, 2.75) is 20.8 Å². The highest BCUT2D eigenvalue weighted by Gasteiger charge is 2.08. The third kappa shape index (κ3) is 1.20. The molecule has 0 aliphatic heterocycles. The van der Waals surface area contributed by atoms with E-state index < -0.39 is 0 Å². The molecule has 0 spiro atoms. The highest BCUT2D eigenvalue weighted by atomic mass is 32.1. The molecule has 0 aliphatic rings. The zero-order valence-corrected chi connectivity index (χ0v) is 8.83. The number of thiazole rings is 1. The number of anilines is 1. The number of hydrogen-bond acceptors (Lipinski definition) is 3. The van der Waals surface area contributed by atoms with Crippen LogP contribution in [0.15, 0.2) is 6.07 Å². The topological polar surface area (TPSA) is 38.9 Å². The third-order valence-electron chi connectivity index (χ3n) is 2.21. The lowest BCUT2D eigenvalue weighted by Crippen LogP contribution is -1.91. The number of aryl methyl sites for hydroxylation is 3. The molecule has 68 valence electrons. The maximum absolute atomic E-state index is 5.97. The second kappa shape index (κ2) is 2.70. The molecule has 1 heterocycles. The predicted octanol–water partition coefficient (Wildman–Crippen LogP) is 2.80. The van der Waals surface area contributed by atoms with Gasteiger partial charge in [-0.05, 0) is 31.9 Å². The average Bonchev–Trinajstić information content (AvgIpc) is 2.44. The van der Waals surface area contributed by atoms with E-state index in [1.54, 1.807) is 11.3 Å². The minimum atomic E-state index is 0.881. The van der Waals surface area contributed by atoms with Crippen LogP contribution in [0.1, 0.15) is 16.1 Å². The van der Waals surface area contributed by atoms with Crippen molar-refractivity contribution in [2.24, 2.45) is 0 Å². The van der Waals surface area contributed by atoms with Crippen LogP contribution >= 0.6 is 11.3 Å². The summed E-state index contributed by atoms with van der Waals surface area (Å²) >= 11 is 1.67. The van der Waals surface area contributed by atoms with Gasteiger partial charge in [-0.3, -0.25) is 0 Å². The number of nitrogens with two attached hydrogens (primary N) is 1. The van der Waals surface area contributed by atoms with Gasteiger partial charge in [0.25, 0.3) is 0 Å². The molecule has 2 aromatic rings. The SMILES string of the molecule is Cc1nc2c(C)cc(C)c(N)c2s1. The van der Waals surface area contributed by atoms with E-state index in [1.165, 1.54) is 5.56 Å². The van der Waals surface area contributed by atoms with Crippen molar-refractivity contribution < 1.29 is 0 Å². The first-order valence-corrected chi connectivity index (χ1v) is 5.04. The molecule has 0 amide bonds. The first-order chi connectivity index (χ1) is 6.09. The Labute approximate surface area is 81.4 Å². The molecule has 2 N–H and O–H groups in total. The molecule has 0 saturated carbocycles. The summed E-state index contributed by atoms with van der Waals surface area (Å²) < 4.78 is 1.13. The Kier molecular flexibility index (Phi) is 1.77. The van der Waals surface area contributed by atoms with Crippen LogP contribution in [0, 0.1) is 20.8 Å². The van der Waals surface area contributed by atoms with E-state index in [4.69, 9.17) is 5.73 Å². The molecule has 1 aromatic heterocycles. The summed E-state index contributed by atoms with van der Waals surface area (Å²) in [4.78, 5) is 4.45. The number of aromatic nitrogens is 1. The summed E-state index contributed by atoms with van der Waals surface area (Å²) in [6, 6.07) is 2.09. The van der Waals surface area contributed by atoms with E-state index in [-0.39, 0.29) is 0 Å². The highest BCUT2D eigenvalue weighted by molar-refractivity contribution is 7.19. The zero-order valence-electron chi connectivity index (χ0n) is 8.01. The van der Waals surface area contributed by atoms with Crippen LogP contribution in [0.25, 0.3) is 10.2 Å². The Hall–Kier alpha value is -1.09. The van der Waals surface area contributed by atoms with E-state index >= 15 is 0 Å². The van der Waals surface area contributed by atoms with Gasteiger partial charge in [-0.25, -0.2) is 4.98 Å². The fourth-order valence-electron chi connectivity index (χ4n) is 1.53. The summed E-state index contributed by atoms with van der Waals surface area (Å²) in [6.45, 7) is 6.13. The fourth-order valence-corrected chi connectivity index (χ4v) is 2.53. The van der Waals surface area contributed by atoms with E-state index in [2.05, 4.69) is 18.0 Å². The lowest BCUT2D eigenvalue weighted by molar-refractivity contribution is 1.31. The molecule has 3 heteroatoms. The lowest BCUT2D eigenvalue weighted by atomic mass is 10.1. The van der Waals surface area contributed by atoms with Crippen LogP contribution in [-0.4, -0.2) is 4.98 Å². The molecule has 0 radical (unpaired) electrons. The van der Waals surface area contributed by atoms with Gasteiger partial charge in [0, 0.05) is 0 Å². The molecule has 0 saturated heterocycles. The molecule has 0 aliphatic carbocycles. The Morgan fingerprint density at radius 1 is 1.23 bits per heavy atom. The highest BCUT2D eigenvalue weighted by Crippen LogP contribution is 2.31. The molecule has 1 aromatic carbocycles. The molecule has 2 nitrogen and oxygen atoms in total. The molecule has 0 bridgehead atoms. The lowest BCUT2D eigenvalue weighted by Gasteiger charge is -2.02. The molecule has 13 heavy (non-hydrogen) atoms. The maximum Gasteiger partial charge on any atom is 0.0908 e. The number of nitrogen functional groups attached to an aromatic ring is 1. The molecule has 0 fully saturated rings. The van der Waals surface area contributed by atoms with E-state index in [0.29, 0.717) is 0 Å². The Morgan fingerprint density at radius 3 is 2.62 bits per heavy atom. The van der Waals surface area contributed by atoms with E-state index in [9.17, 15) is 0 Å². The van der Waals surface area contributed by atoms with Gasteiger partial charge in [0.2, 0.25) is 0 Å². The second-order valence-electron chi connectivity index (χ2n) is 3.33. The van der Waals surface area contributed by atoms with Crippen LogP contribution in [0.5, 0.6) is 0 Å². The van der Waals surface area contributed by atoms with Crippen molar-refractivity contribution in [3.05, 3.63) is 22.2 Å². The van der Waals surface area contributed by atoms with Gasteiger partial charge in [0.1, 0.15) is 0 Å². The van der Waals surface area contributed by atoms with Gasteiger partial charge >= 0.3 is 0 Å². The number of nitrogens with zero attached hydrogens (tertiary/aromatic N) is 1. The third-order valence-corrected chi connectivity index (χ3v) is 3.21. The molecule has 0 unspecified atom stereocenters. The number of hydrogen-bond donors (Lipinski definition) is 1. The smallest absolute Gasteiger partial charge is 0.0908 e. The summed E-state index contributed by atoms with van der Waals surface area (Å²) in [6.07, 6.45) is 0. The number of benzene rings is 1. The standard InChI is InChI=1S/C10H12N2S/c1-5-4-6(2)9-10(8(5)11)13-7(3)12-9/h4H,11H2,1-3H3. The van der Waals surface area contributed by atoms with Crippen LogP contribution in [-0.2, 0) is 0 Å². The van der Waals surface area contributed by atoms with E-state index in [0.717, 1.165) is 26.5 Å². The Morgan fingerprint density at radius 2 is 1.92 bits per heavy atom. The van der Waals surface area contributed by atoms with Crippen LogP contribution in [0.3, 0.4) is 0 Å². The summed E-state index contributed by atoms with van der Waals surface area (Å²) in [7, 11) is 0. The van der Waals surface area contributed by atoms with Crippen molar-refractivity contribution in [3.8, 4) is 0 Å². The van der Waals surface area contributed by atoms with Gasteiger partial charge in [-0.1, -0.05) is 6.07 Å². The maximum atomic E-state index is 5.97. The van der Waals surface area contributed by atoms with Crippen LogP contribution < -0.4 is 5.73 Å². The van der Waals surface area contributed by atoms with Crippen molar-refractivity contribution in [2.75, 3.05) is 5.73 Å². The number of fused-ring (bicyclic) bond motifs is 1. The second-order valence-corrected chi connectivity index (χ2v) is 4.54. The minimum Gasteiger partial charge on any atom is -0.397 e. The van der Waals surface area contributed by atoms with Gasteiger partial charge in [-0.2, -0.15) is 0 Å². The molecular formula is C10H12N2S. The molecular weight excluding hydrogens is 180 g/mol. The number of rotatable bonds is 0. The summed E-state index contributed by atoms with van der Waals surface area (Å²) in [5, 5.41) is 1.08. The average molecular weight is 192 g/mol. The van der Waals surface area contributed by atoms with Gasteiger partial charge < -0.3 is 5.73 Å². The van der Waals surface area contributed by atoms with Crippen molar-refractivity contribution in [1.82, 2.24) is 4.98 Å². The zero-order chi connectivity index (χ0) is 9.59. The Bertz CT molecular complexity index is 471. The minimum absolute atomic E-state index is 0.881. The molecule has 0 atom stereocenters. The van der Waals surface area contributed by atoms with Crippen molar-refractivity contribution >= 4 is 27.2 Å². The first kappa shape index (κ1) is 8.51. The monoisotopic (exact) mass is 192 g/mol. The van der Waals surface area contributed by atoms with Crippen LogP contribution in [0.4, 0.5) is 5.69 Å². The van der Waals surface area contributed by atoms with Crippen molar-refractivity contribution in [3.63, 3.8) is 0 Å². The summed E-state index contributed by atoms with van der Waals surface area (Å²) in [5.74, 6) is 0. The van der Waals surface area contributed by atoms with Gasteiger partial charge in [0.05, 0.1) is 20.9 Å². The van der Waals surface area contributed by atoms with Crippen molar-refractivity contribution in [1.29, 1.82) is 0 Å². The largest absolute Gasteiger partial charge is 0.397 e. The first-order valence-electron chi connectivity index (χ1n) is 4.22. The predicted molar refractivity (Wildman–Crippen MR) is 58.2 cm³/mol. The van der Waals surface area contributed by atoms with Crippen LogP contribution in [0.2, 0.25) is 0 Å². The fraction of sp³-hybridized carbons (Fsp3) is 0.300. The normalized spacial score (nSPS) is 11.0. The van der Waals surface area contributed by atoms with Gasteiger partial charge in [-0.15, -0.1) is 11.3 Å².